The van der Waals surface area contributed by atoms with Crippen molar-refractivity contribution in [2.45, 2.75) is 131 Å². The number of hydrogen-bond donors (Lipinski definition) is 1. The summed E-state index contributed by atoms with van der Waals surface area (Å²) in [6, 6.07) is 0. The summed E-state index contributed by atoms with van der Waals surface area (Å²) in [6.07, 6.45) is 24.2. The number of amides is 1. The maximum Gasteiger partial charge on any atom is 0.407 e. The van der Waals surface area contributed by atoms with Gasteiger partial charge in [-0.15, -0.1) is 0 Å². The number of alkyl carbamates (subject to hydrolysis) is 1. The van der Waals surface area contributed by atoms with Crippen LogP contribution in [0.15, 0.2) is 46.6 Å². The van der Waals surface area contributed by atoms with Gasteiger partial charge in [-0.25, -0.2) is 4.79 Å². The molecule has 0 aromatic rings. The van der Waals surface area contributed by atoms with Crippen LogP contribution in [-0.4, -0.2) is 18.7 Å². The number of rotatable bonds is 15. The van der Waals surface area contributed by atoms with Crippen LogP contribution in [-0.2, 0) is 4.74 Å². The van der Waals surface area contributed by atoms with Crippen molar-refractivity contribution in [2.24, 2.45) is 5.92 Å². The zero-order chi connectivity index (χ0) is 25.2. The van der Waals surface area contributed by atoms with E-state index < -0.39 is 0 Å². The predicted molar refractivity (Wildman–Crippen MR) is 148 cm³/mol. The summed E-state index contributed by atoms with van der Waals surface area (Å²) >= 11 is 0. The van der Waals surface area contributed by atoms with Gasteiger partial charge in [0, 0.05) is 6.54 Å². The SMILES string of the molecule is CC(C)=CCCC(C)=CCCC(C)=CCCC(C)=CCCC(C)OC(=O)NCC1CCCCC1. The number of allylic oxidation sites excluding steroid dienone is 8. The molecule has 1 N–H and O–H groups in total. The standard InChI is InChI=1S/C31H53NO2/c1-25(2)14-10-15-26(3)16-11-17-27(4)18-12-19-28(5)20-13-21-29(6)34-31(33)32-24-30-22-8-7-9-23-30/h14,16,18,20,29-30H,7-13,15,17,19,21-24H2,1-6H3,(H,32,33). The minimum absolute atomic E-state index is 0.0453. The molecule has 1 fully saturated rings. The molecule has 1 saturated carbocycles. The van der Waals surface area contributed by atoms with Crippen LogP contribution in [0.25, 0.3) is 0 Å². The Hall–Kier alpha value is -1.77. The van der Waals surface area contributed by atoms with Crippen molar-refractivity contribution in [2.75, 3.05) is 6.54 Å². The largest absolute Gasteiger partial charge is 0.447 e. The lowest BCUT2D eigenvalue weighted by Crippen LogP contribution is -2.32. The molecule has 0 heterocycles. The van der Waals surface area contributed by atoms with Crippen molar-refractivity contribution in [3.05, 3.63) is 46.6 Å². The number of hydrogen-bond acceptors (Lipinski definition) is 2. The van der Waals surface area contributed by atoms with E-state index in [0.717, 1.165) is 51.5 Å². The van der Waals surface area contributed by atoms with E-state index in [4.69, 9.17) is 4.74 Å². The van der Waals surface area contributed by atoms with Crippen LogP contribution in [0.5, 0.6) is 0 Å². The van der Waals surface area contributed by atoms with Gasteiger partial charge in [-0.05, 0) is 112 Å². The Balaban J connectivity index is 2.15. The summed E-state index contributed by atoms with van der Waals surface area (Å²) in [5.74, 6) is 0.637. The first-order chi connectivity index (χ1) is 16.3. The van der Waals surface area contributed by atoms with Gasteiger partial charge in [0.15, 0.2) is 0 Å². The molecule has 0 aromatic heterocycles. The summed E-state index contributed by atoms with van der Waals surface area (Å²) in [5, 5.41) is 2.97. The van der Waals surface area contributed by atoms with Crippen molar-refractivity contribution in [3.63, 3.8) is 0 Å². The van der Waals surface area contributed by atoms with E-state index in [0.29, 0.717) is 5.92 Å². The monoisotopic (exact) mass is 471 g/mol. The maximum absolute atomic E-state index is 12.0. The van der Waals surface area contributed by atoms with Crippen LogP contribution in [0.4, 0.5) is 4.79 Å². The molecule has 1 aliphatic rings. The van der Waals surface area contributed by atoms with E-state index in [2.05, 4.69) is 64.2 Å². The zero-order valence-electron chi connectivity index (χ0n) is 23.2. The fourth-order valence-electron chi connectivity index (χ4n) is 4.45. The van der Waals surface area contributed by atoms with Gasteiger partial charge in [-0.3, -0.25) is 0 Å². The van der Waals surface area contributed by atoms with Crippen LogP contribution in [0.1, 0.15) is 125 Å². The fraction of sp³-hybridized carbons (Fsp3) is 0.710. The molecule has 1 rings (SSSR count). The molecule has 0 aliphatic heterocycles. The van der Waals surface area contributed by atoms with E-state index >= 15 is 0 Å². The minimum atomic E-state index is -0.252. The highest BCUT2D eigenvalue weighted by Crippen LogP contribution is 2.22. The van der Waals surface area contributed by atoms with Crippen molar-refractivity contribution >= 4 is 6.09 Å². The fourth-order valence-corrected chi connectivity index (χ4v) is 4.45. The van der Waals surface area contributed by atoms with Crippen LogP contribution < -0.4 is 5.32 Å². The first-order valence-corrected chi connectivity index (χ1v) is 13.8. The molecule has 1 unspecified atom stereocenters. The second-order valence-corrected chi connectivity index (χ2v) is 10.7. The van der Waals surface area contributed by atoms with Crippen LogP contribution in [0, 0.1) is 5.92 Å². The Morgan fingerprint density at radius 1 is 0.794 bits per heavy atom. The molecule has 0 aromatic carbocycles. The molecule has 0 saturated heterocycles. The molecule has 3 nitrogen and oxygen atoms in total. The predicted octanol–water partition coefficient (Wildman–Crippen LogP) is 9.61. The van der Waals surface area contributed by atoms with E-state index in [-0.39, 0.29) is 12.2 Å². The molecular weight excluding hydrogens is 418 g/mol. The topological polar surface area (TPSA) is 38.3 Å². The van der Waals surface area contributed by atoms with Gasteiger partial charge in [0.1, 0.15) is 6.10 Å². The van der Waals surface area contributed by atoms with Crippen molar-refractivity contribution in [1.82, 2.24) is 5.32 Å². The van der Waals surface area contributed by atoms with E-state index in [1.54, 1.807) is 0 Å². The summed E-state index contributed by atoms with van der Waals surface area (Å²) in [4.78, 5) is 12.0. The van der Waals surface area contributed by atoms with Gasteiger partial charge in [0.05, 0.1) is 0 Å². The molecule has 34 heavy (non-hydrogen) atoms. The average molecular weight is 472 g/mol. The quantitative estimate of drug-likeness (QED) is 0.241. The Bertz CT molecular complexity index is 688. The molecular formula is C31H53NO2. The molecule has 3 heteroatoms. The molecule has 194 valence electrons. The van der Waals surface area contributed by atoms with Crippen LogP contribution >= 0.6 is 0 Å². The summed E-state index contributed by atoms with van der Waals surface area (Å²) in [5.41, 5.74) is 5.82. The van der Waals surface area contributed by atoms with Gasteiger partial charge >= 0.3 is 6.09 Å². The Kier molecular flexibility index (Phi) is 16.5. The summed E-state index contributed by atoms with van der Waals surface area (Å²) in [7, 11) is 0. The smallest absolute Gasteiger partial charge is 0.407 e. The molecule has 0 spiro atoms. The van der Waals surface area contributed by atoms with Gasteiger partial charge in [0.25, 0.3) is 0 Å². The Morgan fingerprint density at radius 3 is 1.82 bits per heavy atom. The van der Waals surface area contributed by atoms with Crippen LogP contribution in [0.3, 0.4) is 0 Å². The lowest BCUT2D eigenvalue weighted by Gasteiger charge is -2.22. The molecule has 1 atom stereocenters. The van der Waals surface area contributed by atoms with E-state index in [9.17, 15) is 4.79 Å². The Labute approximate surface area is 211 Å². The highest BCUT2D eigenvalue weighted by molar-refractivity contribution is 5.67. The second kappa shape index (κ2) is 18.5. The normalized spacial score (nSPS) is 16.8. The third kappa shape index (κ3) is 16.8. The van der Waals surface area contributed by atoms with Gasteiger partial charge in [0.2, 0.25) is 0 Å². The van der Waals surface area contributed by atoms with Crippen molar-refractivity contribution < 1.29 is 9.53 Å². The summed E-state index contributed by atoms with van der Waals surface area (Å²) in [6.45, 7) is 13.8. The lowest BCUT2D eigenvalue weighted by molar-refractivity contribution is 0.101. The first-order valence-electron chi connectivity index (χ1n) is 13.8. The van der Waals surface area contributed by atoms with Gasteiger partial charge in [-0.2, -0.15) is 0 Å². The molecule has 1 aliphatic carbocycles. The van der Waals surface area contributed by atoms with E-state index in [1.165, 1.54) is 60.8 Å². The average Bonchev–Trinajstić information content (AvgIpc) is 2.78. The number of ether oxygens (including phenoxy) is 1. The van der Waals surface area contributed by atoms with Gasteiger partial charge < -0.3 is 10.1 Å². The van der Waals surface area contributed by atoms with Crippen molar-refractivity contribution in [3.8, 4) is 0 Å². The van der Waals surface area contributed by atoms with Crippen LogP contribution in [0.2, 0.25) is 0 Å². The van der Waals surface area contributed by atoms with Crippen molar-refractivity contribution in [1.29, 1.82) is 0 Å². The zero-order valence-corrected chi connectivity index (χ0v) is 23.2. The number of nitrogens with one attached hydrogen (secondary N) is 1. The van der Waals surface area contributed by atoms with Gasteiger partial charge in [-0.1, -0.05) is 65.9 Å². The third-order valence-corrected chi connectivity index (χ3v) is 6.79. The molecule has 1 amide bonds. The minimum Gasteiger partial charge on any atom is -0.447 e. The first kappa shape index (κ1) is 30.3. The Morgan fingerprint density at radius 2 is 1.29 bits per heavy atom. The summed E-state index contributed by atoms with van der Waals surface area (Å²) < 4.78 is 5.53. The highest BCUT2D eigenvalue weighted by atomic mass is 16.6. The lowest BCUT2D eigenvalue weighted by atomic mass is 9.89. The highest BCUT2D eigenvalue weighted by Gasteiger charge is 2.15. The molecule has 0 bridgehead atoms. The number of carbonyl (C=O) groups is 1. The third-order valence-electron chi connectivity index (χ3n) is 6.79. The molecule has 0 radical (unpaired) electrons. The maximum atomic E-state index is 12.0. The van der Waals surface area contributed by atoms with E-state index in [1.807, 2.05) is 6.92 Å². The second-order valence-electron chi connectivity index (χ2n) is 10.7. The number of carbonyl (C=O) groups excluding carboxylic acids is 1.